The van der Waals surface area contributed by atoms with Crippen LogP contribution in [0.2, 0.25) is 0 Å². The van der Waals surface area contributed by atoms with E-state index in [2.05, 4.69) is 47.4 Å². The molecule has 0 amide bonds. The van der Waals surface area contributed by atoms with Gasteiger partial charge in [-0.15, -0.1) is 24.0 Å². The molecule has 1 N–H and O–H groups in total. The molecular weight excluding hydrogens is 439 g/mol. The van der Waals surface area contributed by atoms with Crippen LogP contribution >= 0.6 is 24.0 Å². The van der Waals surface area contributed by atoms with Gasteiger partial charge in [0.05, 0.1) is 7.11 Å². The van der Waals surface area contributed by atoms with Crippen molar-refractivity contribution >= 4 is 29.9 Å². The van der Waals surface area contributed by atoms with E-state index in [1.807, 2.05) is 31.3 Å². The fourth-order valence-corrected chi connectivity index (χ4v) is 2.49. The molecule has 0 saturated heterocycles. The Kier molecular flexibility index (Phi) is 10.0. The Morgan fingerprint density at radius 3 is 2.42 bits per heavy atom. The highest BCUT2D eigenvalue weighted by molar-refractivity contribution is 14.0. The number of hydrogen-bond acceptors (Lipinski definition) is 3. The van der Waals surface area contributed by atoms with E-state index < -0.39 is 0 Å². The van der Waals surface area contributed by atoms with Crippen LogP contribution in [0.1, 0.15) is 23.7 Å². The highest BCUT2D eigenvalue weighted by Crippen LogP contribution is 2.12. The third-order valence-electron chi connectivity index (χ3n) is 3.91. The molecule has 0 radical (unpaired) electrons. The predicted octanol–water partition coefficient (Wildman–Crippen LogP) is 3.66. The summed E-state index contributed by atoms with van der Waals surface area (Å²) in [4.78, 5) is 11.2. The molecule has 6 heteroatoms. The van der Waals surface area contributed by atoms with Gasteiger partial charge in [0.2, 0.25) is 0 Å². The molecule has 0 fully saturated rings. The van der Waals surface area contributed by atoms with Gasteiger partial charge in [-0.1, -0.05) is 18.2 Å². The first-order chi connectivity index (χ1) is 12.1. The Morgan fingerprint density at radius 2 is 1.85 bits per heavy atom. The lowest BCUT2D eigenvalue weighted by molar-refractivity contribution is 0.414. The lowest BCUT2D eigenvalue weighted by Gasteiger charge is -2.22. The average molecular weight is 468 g/mol. The first-order valence-corrected chi connectivity index (χ1v) is 8.66. The van der Waals surface area contributed by atoms with Crippen molar-refractivity contribution < 1.29 is 4.74 Å². The highest BCUT2D eigenvalue weighted by atomic mass is 127. The molecule has 5 nitrogen and oxygen atoms in total. The number of nitrogens with zero attached hydrogens (tertiary/aromatic N) is 3. The Hall–Kier alpha value is -1.83. The largest absolute Gasteiger partial charge is 0.497 e. The van der Waals surface area contributed by atoms with E-state index in [9.17, 15) is 0 Å². The number of rotatable bonds is 7. The van der Waals surface area contributed by atoms with E-state index in [1.165, 1.54) is 11.1 Å². The number of aryl methyl sites for hydroxylation is 1. The molecule has 0 spiro atoms. The average Bonchev–Trinajstić information content (AvgIpc) is 2.63. The van der Waals surface area contributed by atoms with Crippen molar-refractivity contribution in [1.29, 1.82) is 0 Å². The summed E-state index contributed by atoms with van der Waals surface area (Å²) in [6, 6.07) is 12.3. The highest BCUT2D eigenvalue weighted by Gasteiger charge is 2.06. The van der Waals surface area contributed by atoms with Gasteiger partial charge in [0.15, 0.2) is 5.96 Å². The third kappa shape index (κ3) is 7.19. The summed E-state index contributed by atoms with van der Waals surface area (Å²) in [5.74, 6) is 1.79. The van der Waals surface area contributed by atoms with Gasteiger partial charge in [0.1, 0.15) is 5.75 Å². The number of methoxy groups -OCH3 is 1. The van der Waals surface area contributed by atoms with E-state index in [1.54, 1.807) is 7.11 Å². The molecule has 0 aliphatic rings. The lowest BCUT2D eigenvalue weighted by Crippen LogP contribution is -2.38. The van der Waals surface area contributed by atoms with Crippen LogP contribution in [0.5, 0.6) is 5.75 Å². The minimum absolute atomic E-state index is 0. The van der Waals surface area contributed by atoms with Crippen molar-refractivity contribution in [2.45, 2.75) is 26.8 Å². The summed E-state index contributed by atoms with van der Waals surface area (Å²) in [6.07, 6.45) is 2.82. The summed E-state index contributed by atoms with van der Waals surface area (Å²) in [7, 11) is 3.74. The second-order valence-corrected chi connectivity index (χ2v) is 6.00. The fourth-order valence-electron chi connectivity index (χ4n) is 2.49. The molecule has 0 bridgehead atoms. The van der Waals surface area contributed by atoms with Crippen LogP contribution in [-0.4, -0.2) is 43.1 Å². The standard InChI is InChI=1S/C20H28N4O.HI/c1-5-21-20(22-13-12-17-7-6-16(2)23-14-17)24(3)15-18-8-10-19(25-4)11-9-18;/h6-11,14H,5,12-13,15H2,1-4H3,(H,21,22);1H. The van der Waals surface area contributed by atoms with Crippen LogP contribution < -0.4 is 10.1 Å². The first kappa shape index (κ1) is 22.2. The number of guanidine groups is 1. The second kappa shape index (κ2) is 11.7. The summed E-state index contributed by atoms with van der Waals surface area (Å²) in [6.45, 7) is 6.46. The van der Waals surface area contributed by atoms with Crippen molar-refractivity contribution in [1.82, 2.24) is 15.2 Å². The Balaban J connectivity index is 0.00000338. The van der Waals surface area contributed by atoms with Gasteiger partial charge >= 0.3 is 0 Å². The molecule has 1 heterocycles. The van der Waals surface area contributed by atoms with E-state index in [-0.39, 0.29) is 24.0 Å². The maximum atomic E-state index is 5.21. The second-order valence-electron chi connectivity index (χ2n) is 6.00. The van der Waals surface area contributed by atoms with Crippen molar-refractivity contribution in [3.05, 3.63) is 59.4 Å². The van der Waals surface area contributed by atoms with Crippen molar-refractivity contribution in [3.63, 3.8) is 0 Å². The van der Waals surface area contributed by atoms with Crippen LogP contribution in [0.3, 0.4) is 0 Å². The maximum Gasteiger partial charge on any atom is 0.193 e. The number of aliphatic imine (C=N–C) groups is 1. The van der Waals surface area contributed by atoms with Gasteiger partial charge in [0, 0.05) is 38.6 Å². The molecule has 0 unspecified atom stereocenters. The van der Waals surface area contributed by atoms with Crippen LogP contribution in [0.15, 0.2) is 47.6 Å². The summed E-state index contributed by atoms with van der Waals surface area (Å²) < 4.78 is 5.21. The van der Waals surface area contributed by atoms with Crippen molar-refractivity contribution in [2.24, 2.45) is 4.99 Å². The number of halogens is 1. The zero-order chi connectivity index (χ0) is 18.1. The van der Waals surface area contributed by atoms with Crippen LogP contribution in [-0.2, 0) is 13.0 Å². The van der Waals surface area contributed by atoms with Crippen LogP contribution in [0.25, 0.3) is 0 Å². The molecule has 0 atom stereocenters. The van der Waals surface area contributed by atoms with Gasteiger partial charge in [-0.25, -0.2) is 0 Å². The Labute approximate surface area is 173 Å². The molecular formula is C20H29IN4O. The van der Waals surface area contributed by atoms with E-state index in [0.717, 1.165) is 43.5 Å². The molecule has 2 aromatic rings. The first-order valence-electron chi connectivity index (χ1n) is 8.66. The van der Waals surface area contributed by atoms with Crippen molar-refractivity contribution in [3.8, 4) is 5.75 Å². The summed E-state index contributed by atoms with van der Waals surface area (Å²) >= 11 is 0. The number of ether oxygens (including phenoxy) is 1. The normalized spacial score (nSPS) is 10.8. The minimum atomic E-state index is 0. The van der Waals surface area contributed by atoms with Gasteiger partial charge in [-0.2, -0.15) is 0 Å². The zero-order valence-corrected chi connectivity index (χ0v) is 18.4. The molecule has 26 heavy (non-hydrogen) atoms. The monoisotopic (exact) mass is 468 g/mol. The molecule has 1 aromatic carbocycles. The van der Waals surface area contributed by atoms with Crippen LogP contribution in [0.4, 0.5) is 0 Å². The van der Waals surface area contributed by atoms with Gasteiger partial charge in [-0.3, -0.25) is 9.98 Å². The predicted molar refractivity (Wildman–Crippen MR) is 119 cm³/mol. The molecule has 0 saturated carbocycles. The SMILES string of the molecule is CCNC(=NCCc1ccc(C)nc1)N(C)Cc1ccc(OC)cc1.I. The van der Waals surface area contributed by atoms with Crippen LogP contribution in [0, 0.1) is 6.92 Å². The number of pyridine rings is 1. The zero-order valence-electron chi connectivity index (χ0n) is 16.0. The lowest BCUT2D eigenvalue weighted by atomic mass is 10.2. The van der Waals surface area contributed by atoms with E-state index in [0.29, 0.717) is 0 Å². The minimum Gasteiger partial charge on any atom is -0.497 e. The fraction of sp³-hybridized carbons (Fsp3) is 0.400. The third-order valence-corrected chi connectivity index (χ3v) is 3.91. The molecule has 2 rings (SSSR count). The topological polar surface area (TPSA) is 49.8 Å². The number of benzene rings is 1. The van der Waals surface area contributed by atoms with Gasteiger partial charge in [-0.05, 0) is 49.6 Å². The molecule has 0 aliphatic carbocycles. The van der Waals surface area contributed by atoms with E-state index >= 15 is 0 Å². The smallest absolute Gasteiger partial charge is 0.193 e. The van der Waals surface area contributed by atoms with E-state index in [4.69, 9.17) is 9.73 Å². The molecule has 142 valence electrons. The molecule has 1 aromatic heterocycles. The Morgan fingerprint density at radius 1 is 1.15 bits per heavy atom. The van der Waals surface area contributed by atoms with Crippen molar-refractivity contribution in [2.75, 3.05) is 27.2 Å². The summed E-state index contributed by atoms with van der Waals surface area (Å²) in [5.41, 5.74) is 3.47. The van der Waals surface area contributed by atoms with Gasteiger partial charge < -0.3 is 15.0 Å². The number of nitrogens with one attached hydrogen (secondary N) is 1. The Bertz CT molecular complexity index is 671. The quantitative estimate of drug-likeness (QED) is 0.383. The number of hydrogen-bond donors (Lipinski definition) is 1. The maximum absolute atomic E-state index is 5.21. The van der Waals surface area contributed by atoms with Gasteiger partial charge in [0.25, 0.3) is 0 Å². The number of aromatic nitrogens is 1. The molecule has 0 aliphatic heterocycles. The summed E-state index contributed by atoms with van der Waals surface area (Å²) in [5, 5.41) is 3.36.